The first-order valence-corrected chi connectivity index (χ1v) is 7.70. The lowest BCUT2D eigenvalue weighted by molar-refractivity contribution is -0.120. The summed E-state index contributed by atoms with van der Waals surface area (Å²) in [5, 5.41) is 4.08. The third-order valence-corrected chi connectivity index (χ3v) is 3.41. The number of hydrogen-bond acceptors (Lipinski definition) is 2. The Morgan fingerprint density at radius 2 is 2.10 bits per heavy atom. The lowest BCUT2D eigenvalue weighted by Crippen LogP contribution is -2.26. The molecule has 0 aliphatic carbocycles. The standard InChI is InChI=1S/C17H24N2O2/c1-2-3-10-21-11-4-8-19-17(20)13-14-5-6-16-15(12-14)7-9-18-16/h5-7,9,12,18H,2-4,8,10-11,13H2,1H3,(H,19,20). The van der Waals surface area contributed by atoms with Gasteiger partial charge in [-0.1, -0.05) is 19.4 Å². The quantitative estimate of drug-likeness (QED) is 0.697. The van der Waals surface area contributed by atoms with Crippen molar-refractivity contribution in [2.24, 2.45) is 0 Å². The lowest BCUT2D eigenvalue weighted by atomic mass is 10.1. The summed E-state index contributed by atoms with van der Waals surface area (Å²) < 4.78 is 5.46. The molecule has 0 spiro atoms. The van der Waals surface area contributed by atoms with Crippen molar-refractivity contribution in [1.82, 2.24) is 10.3 Å². The molecule has 0 saturated carbocycles. The Morgan fingerprint density at radius 1 is 1.24 bits per heavy atom. The molecule has 0 saturated heterocycles. The van der Waals surface area contributed by atoms with Crippen LogP contribution in [0.4, 0.5) is 0 Å². The van der Waals surface area contributed by atoms with Gasteiger partial charge in [-0.15, -0.1) is 0 Å². The van der Waals surface area contributed by atoms with Crippen molar-refractivity contribution >= 4 is 16.8 Å². The van der Waals surface area contributed by atoms with Crippen LogP contribution in [-0.4, -0.2) is 30.6 Å². The Balaban J connectivity index is 1.65. The molecule has 0 aliphatic heterocycles. The molecule has 1 aromatic heterocycles. The second-order valence-corrected chi connectivity index (χ2v) is 5.25. The molecule has 1 amide bonds. The Bertz CT molecular complexity index is 563. The molecule has 0 bridgehead atoms. The smallest absolute Gasteiger partial charge is 0.224 e. The predicted molar refractivity (Wildman–Crippen MR) is 85.4 cm³/mol. The van der Waals surface area contributed by atoms with Crippen LogP contribution in [-0.2, 0) is 16.0 Å². The third kappa shape index (κ3) is 5.23. The highest BCUT2D eigenvalue weighted by atomic mass is 16.5. The monoisotopic (exact) mass is 288 g/mol. The van der Waals surface area contributed by atoms with E-state index in [1.807, 2.05) is 24.4 Å². The number of benzene rings is 1. The van der Waals surface area contributed by atoms with E-state index < -0.39 is 0 Å². The van der Waals surface area contributed by atoms with Crippen LogP contribution in [0.2, 0.25) is 0 Å². The van der Waals surface area contributed by atoms with E-state index in [0.717, 1.165) is 48.9 Å². The van der Waals surface area contributed by atoms with Gasteiger partial charge in [-0.05, 0) is 42.0 Å². The van der Waals surface area contributed by atoms with Crippen molar-refractivity contribution in [3.8, 4) is 0 Å². The summed E-state index contributed by atoms with van der Waals surface area (Å²) in [5.41, 5.74) is 2.14. The fraction of sp³-hybridized carbons (Fsp3) is 0.471. The van der Waals surface area contributed by atoms with Crippen molar-refractivity contribution in [2.75, 3.05) is 19.8 Å². The molecule has 0 unspecified atom stereocenters. The fourth-order valence-corrected chi connectivity index (χ4v) is 2.21. The Kier molecular flexibility index (Phi) is 6.28. The number of aromatic amines is 1. The van der Waals surface area contributed by atoms with Crippen LogP contribution in [0.1, 0.15) is 31.7 Å². The third-order valence-electron chi connectivity index (χ3n) is 3.41. The van der Waals surface area contributed by atoms with Gasteiger partial charge in [0.05, 0.1) is 6.42 Å². The molecule has 2 aromatic rings. The Labute approximate surface area is 125 Å². The van der Waals surface area contributed by atoms with E-state index in [9.17, 15) is 4.79 Å². The van der Waals surface area contributed by atoms with E-state index in [4.69, 9.17) is 4.74 Å². The second kappa shape index (κ2) is 8.47. The van der Waals surface area contributed by atoms with E-state index >= 15 is 0 Å². The molecule has 4 nitrogen and oxygen atoms in total. The van der Waals surface area contributed by atoms with Crippen LogP contribution in [0, 0.1) is 0 Å². The summed E-state index contributed by atoms with van der Waals surface area (Å²) in [6, 6.07) is 8.08. The van der Waals surface area contributed by atoms with Crippen LogP contribution in [0.15, 0.2) is 30.5 Å². The number of nitrogens with one attached hydrogen (secondary N) is 2. The van der Waals surface area contributed by atoms with Gasteiger partial charge in [0.2, 0.25) is 5.91 Å². The molecule has 1 heterocycles. The number of ether oxygens (including phenoxy) is 1. The first-order chi connectivity index (χ1) is 10.3. The molecular formula is C17H24N2O2. The normalized spacial score (nSPS) is 10.9. The minimum atomic E-state index is 0.0680. The summed E-state index contributed by atoms with van der Waals surface area (Å²) in [7, 11) is 0. The largest absolute Gasteiger partial charge is 0.381 e. The molecule has 21 heavy (non-hydrogen) atoms. The van der Waals surface area contributed by atoms with Crippen LogP contribution in [0.25, 0.3) is 10.9 Å². The molecule has 0 atom stereocenters. The molecule has 2 N–H and O–H groups in total. The maximum Gasteiger partial charge on any atom is 0.224 e. The maximum atomic E-state index is 11.9. The van der Waals surface area contributed by atoms with E-state index in [0.29, 0.717) is 13.0 Å². The molecule has 2 rings (SSSR count). The number of fused-ring (bicyclic) bond motifs is 1. The highest BCUT2D eigenvalue weighted by molar-refractivity contribution is 5.83. The average Bonchev–Trinajstić information content (AvgIpc) is 2.94. The van der Waals surface area contributed by atoms with E-state index in [1.165, 1.54) is 0 Å². The summed E-state index contributed by atoms with van der Waals surface area (Å²) in [6.07, 6.45) is 5.47. The minimum absolute atomic E-state index is 0.0680. The highest BCUT2D eigenvalue weighted by Gasteiger charge is 2.04. The predicted octanol–water partition coefficient (Wildman–Crippen LogP) is 3.03. The number of rotatable bonds is 9. The molecule has 114 valence electrons. The van der Waals surface area contributed by atoms with Crippen molar-refractivity contribution in [1.29, 1.82) is 0 Å². The van der Waals surface area contributed by atoms with Gasteiger partial charge in [0.25, 0.3) is 0 Å². The molecule has 4 heteroatoms. The minimum Gasteiger partial charge on any atom is -0.381 e. The van der Waals surface area contributed by atoms with Gasteiger partial charge in [-0.25, -0.2) is 0 Å². The van der Waals surface area contributed by atoms with Crippen molar-refractivity contribution in [3.63, 3.8) is 0 Å². The average molecular weight is 288 g/mol. The zero-order chi connectivity index (χ0) is 14.9. The highest BCUT2D eigenvalue weighted by Crippen LogP contribution is 2.14. The number of carbonyl (C=O) groups excluding carboxylic acids is 1. The summed E-state index contributed by atoms with van der Waals surface area (Å²) in [6.45, 7) is 4.36. The zero-order valence-corrected chi connectivity index (χ0v) is 12.7. The van der Waals surface area contributed by atoms with E-state index in [2.05, 4.69) is 23.3 Å². The number of carbonyl (C=O) groups is 1. The summed E-state index contributed by atoms with van der Waals surface area (Å²) >= 11 is 0. The second-order valence-electron chi connectivity index (χ2n) is 5.25. The number of unbranched alkanes of at least 4 members (excludes halogenated alkanes) is 1. The van der Waals surface area contributed by atoms with Crippen molar-refractivity contribution in [2.45, 2.75) is 32.6 Å². The van der Waals surface area contributed by atoms with Crippen LogP contribution in [0.3, 0.4) is 0 Å². The first kappa shape index (κ1) is 15.6. The summed E-state index contributed by atoms with van der Waals surface area (Å²) in [5.74, 6) is 0.0680. The van der Waals surface area contributed by atoms with Gasteiger partial charge in [-0.3, -0.25) is 4.79 Å². The van der Waals surface area contributed by atoms with Gasteiger partial charge in [0.15, 0.2) is 0 Å². The maximum absolute atomic E-state index is 11.9. The Hall–Kier alpha value is -1.81. The number of aromatic nitrogens is 1. The SMILES string of the molecule is CCCCOCCCNC(=O)Cc1ccc2[nH]ccc2c1. The van der Waals surface area contributed by atoms with Gasteiger partial charge >= 0.3 is 0 Å². The van der Waals surface area contributed by atoms with E-state index in [-0.39, 0.29) is 5.91 Å². The van der Waals surface area contributed by atoms with Gasteiger partial charge in [0.1, 0.15) is 0 Å². The molecule has 0 fully saturated rings. The number of amides is 1. The topological polar surface area (TPSA) is 54.1 Å². The molecule has 1 aromatic carbocycles. The van der Waals surface area contributed by atoms with Crippen molar-refractivity contribution in [3.05, 3.63) is 36.0 Å². The summed E-state index contributed by atoms with van der Waals surface area (Å²) in [4.78, 5) is 15.0. The first-order valence-electron chi connectivity index (χ1n) is 7.70. The van der Waals surface area contributed by atoms with Crippen LogP contribution >= 0.6 is 0 Å². The van der Waals surface area contributed by atoms with Crippen LogP contribution in [0.5, 0.6) is 0 Å². The van der Waals surface area contributed by atoms with Crippen LogP contribution < -0.4 is 5.32 Å². The lowest BCUT2D eigenvalue weighted by Gasteiger charge is -2.06. The zero-order valence-electron chi connectivity index (χ0n) is 12.7. The van der Waals surface area contributed by atoms with Crippen molar-refractivity contribution < 1.29 is 9.53 Å². The number of H-pyrrole nitrogens is 1. The van der Waals surface area contributed by atoms with Gasteiger partial charge < -0.3 is 15.0 Å². The van der Waals surface area contributed by atoms with Gasteiger partial charge in [0, 0.05) is 31.5 Å². The fourth-order valence-electron chi connectivity index (χ4n) is 2.21. The van der Waals surface area contributed by atoms with Gasteiger partial charge in [-0.2, -0.15) is 0 Å². The molecule has 0 aliphatic rings. The Morgan fingerprint density at radius 3 is 2.95 bits per heavy atom. The molecular weight excluding hydrogens is 264 g/mol. The number of hydrogen-bond donors (Lipinski definition) is 2. The molecule has 0 radical (unpaired) electrons. The van der Waals surface area contributed by atoms with E-state index in [1.54, 1.807) is 0 Å².